The predicted octanol–water partition coefficient (Wildman–Crippen LogP) is -0.811. The van der Waals surface area contributed by atoms with Crippen molar-refractivity contribution in [2.45, 2.75) is 19.9 Å². The number of carbonyl (C=O) groups excluding carboxylic acids is 2. The van der Waals surface area contributed by atoms with Gasteiger partial charge in [0.2, 0.25) is 5.91 Å². The molecule has 0 bridgehead atoms. The molecule has 5 nitrogen and oxygen atoms in total. The average molecular weight is 160 g/mol. The van der Waals surface area contributed by atoms with Crippen LogP contribution in [0.15, 0.2) is 0 Å². The molecule has 64 valence electrons. The van der Waals surface area contributed by atoms with Gasteiger partial charge >= 0.3 is 0 Å². The summed E-state index contributed by atoms with van der Waals surface area (Å²) in [6.45, 7) is 2.91. The minimum Gasteiger partial charge on any atom is -0.345 e. The van der Waals surface area contributed by atoms with Crippen molar-refractivity contribution in [1.82, 2.24) is 10.8 Å². The maximum Gasteiger partial charge on any atom is 0.265 e. The maximum atomic E-state index is 10.8. The molecule has 0 heterocycles. The van der Waals surface area contributed by atoms with Gasteiger partial charge in [-0.3, -0.25) is 14.4 Å². The summed E-state index contributed by atoms with van der Waals surface area (Å²) >= 11 is 0. The minimum atomic E-state index is -0.563. The number of rotatable bonds is 3. The zero-order valence-electron chi connectivity index (χ0n) is 6.80. The highest BCUT2D eigenvalue weighted by Gasteiger charge is 2.12. The number of hydrogen-bond acceptors (Lipinski definition) is 3. The second kappa shape index (κ2) is 4.68. The zero-order valence-corrected chi connectivity index (χ0v) is 6.80. The van der Waals surface area contributed by atoms with Crippen molar-refractivity contribution in [3.63, 3.8) is 0 Å². The predicted molar refractivity (Wildman–Crippen MR) is 38.4 cm³/mol. The van der Waals surface area contributed by atoms with Crippen molar-refractivity contribution in [1.29, 1.82) is 0 Å². The highest BCUT2D eigenvalue weighted by molar-refractivity contribution is 5.85. The molecular weight excluding hydrogens is 148 g/mol. The third kappa shape index (κ3) is 4.32. The van der Waals surface area contributed by atoms with E-state index >= 15 is 0 Å². The van der Waals surface area contributed by atoms with Crippen LogP contribution in [0.1, 0.15) is 13.8 Å². The van der Waals surface area contributed by atoms with Crippen LogP contribution in [0.25, 0.3) is 0 Å². The summed E-state index contributed by atoms with van der Waals surface area (Å²) in [5.41, 5.74) is 2.10. The Balaban J connectivity index is 3.73. The molecule has 0 aliphatic carbocycles. The third-order valence-electron chi connectivity index (χ3n) is 1.02. The standard InChI is InChI=1S/C6H12N2O3/c1-4(7-5(2)9)6(10)8-11-3/h4H,1-3H3,(H,7,9)(H,8,10). The van der Waals surface area contributed by atoms with Crippen LogP contribution in [0, 0.1) is 0 Å². The fourth-order valence-electron chi connectivity index (χ4n) is 0.559. The van der Waals surface area contributed by atoms with E-state index in [0.29, 0.717) is 0 Å². The van der Waals surface area contributed by atoms with Gasteiger partial charge in [0.1, 0.15) is 6.04 Å². The molecule has 1 atom stereocenters. The molecule has 0 aliphatic heterocycles. The molecular formula is C6H12N2O3. The van der Waals surface area contributed by atoms with Crippen LogP contribution in [0.4, 0.5) is 0 Å². The molecule has 2 N–H and O–H groups in total. The highest BCUT2D eigenvalue weighted by atomic mass is 16.6. The van der Waals surface area contributed by atoms with Gasteiger partial charge in [0.25, 0.3) is 5.91 Å². The Morgan fingerprint density at radius 3 is 2.36 bits per heavy atom. The summed E-state index contributed by atoms with van der Waals surface area (Å²) in [6, 6.07) is -0.563. The number of nitrogens with one attached hydrogen (secondary N) is 2. The monoisotopic (exact) mass is 160 g/mol. The first-order chi connectivity index (χ1) is 5.07. The van der Waals surface area contributed by atoms with Crippen LogP contribution < -0.4 is 10.8 Å². The Morgan fingerprint density at radius 2 is 2.00 bits per heavy atom. The van der Waals surface area contributed by atoms with Crippen molar-refractivity contribution in [3.8, 4) is 0 Å². The average Bonchev–Trinajstić information content (AvgIpc) is 1.86. The molecule has 0 rings (SSSR count). The lowest BCUT2D eigenvalue weighted by Gasteiger charge is -2.10. The van der Waals surface area contributed by atoms with E-state index in [1.54, 1.807) is 6.92 Å². The molecule has 0 aromatic rings. The SMILES string of the molecule is CONC(=O)C(C)NC(C)=O. The van der Waals surface area contributed by atoms with Crippen LogP contribution in [0.2, 0.25) is 0 Å². The second-order valence-corrected chi connectivity index (χ2v) is 2.09. The number of carbonyl (C=O) groups is 2. The Morgan fingerprint density at radius 1 is 1.45 bits per heavy atom. The van der Waals surface area contributed by atoms with Crippen LogP contribution in [0.3, 0.4) is 0 Å². The smallest absolute Gasteiger partial charge is 0.265 e. The van der Waals surface area contributed by atoms with Gasteiger partial charge in [-0.2, -0.15) is 0 Å². The lowest BCUT2D eigenvalue weighted by molar-refractivity contribution is -0.135. The van der Waals surface area contributed by atoms with Gasteiger partial charge in [-0.1, -0.05) is 0 Å². The largest absolute Gasteiger partial charge is 0.345 e. The molecule has 0 aliphatic rings. The van der Waals surface area contributed by atoms with E-state index < -0.39 is 6.04 Å². The van der Waals surface area contributed by atoms with Gasteiger partial charge in [0, 0.05) is 6.92 Å². The second-order valence-electron chi connectivity index (χ2n) is 2.09. The first kappa shape index (κ1) is 9.90. The van der Waals surface area contributed by atoms with Crippen molar-refractivity contribution < 1.29 is 14.4 Å². The Kier molecular flexibility index (Phi) is 4.21. The quantitative estimate of drug-likeness (QED) is 0.530. The molecule has 0 saturated heterocycles. The van der Waals surface area contributed by atoms with E-state index in [2.05, 4.69) is 15.6 Å². The molecule has 0 radical (unpaired) electrons. The molecule has 5 heteroatoms. The van der Waals surface area contributed by atoms with Crippen molar-refractivity contribution in [2.75, 3.05) is 7.11 Å². The molecule has 0 aromatic heterocycles. The summed E-state index contributed by atoms with van der Waals surface area (Å²) in [5.74, 6) is -0.619. The Labute approximate surface area is 65.1 Å². The number of hydroxylamine groups is 1. The molecule has 0 spiro atoms. The Bertz CT molecular complexity index is 158. The van der Waals surface area contributed by atoms with Crippen molar-refractivity contribution in [2.24, 2.45) is 0 Å². The van der Waals surface area contributed by atoms with Crippen molar-refractivity contribution in [3.05, 3.63) is 0 Å². The third-order valence-corrected chi connectivity index (χ3v) is 1.02. The topological polar surface area (TPSA) is 67.4 Å². The summed E-state index contributed by atoms with van der Waals surface area (Å²) in [4.78, 5) is 25.6. The lowest BCUT2D eigenvalue weighted by atomic mass is 10.3. The fourth-order valence-corrected chi connectivity index (χ4v) is 0.559. The Hall–Kier alpha value is -1.10. The van der Waals surface area contributed by atoms with Crippen LogP contribution >= 0.6 is 0 Å². The summed E-state index contributed by atoms with van der Waals surface area (Å²) < 4.78 is 0. The summed E-state index contributed by atoms with van der Waals surface area (Å²) in [6.07, 6.45) is 0. The molecule has 0 saturated carbocycles. The van der Waals surface area contributed by atoms with Crippen molar-refractivity contribution >= 4 is 11.8 Å². The molecule has 1 unspecified atom stereocenters. The van der Waals surface area contributed by atoms with E-state index in [-0.39, 0.29) is 11.8 Å². The van der Waals surface area contributed by atoms with Crippen LogP contribution in [-0.2, 0) is 14.4 Å². The molecule has 0 fully saturated rings. The number of hydrogen-bond donors (Lipinski definition) is 2. The summed E-state index contributed by atoms with van der Waals surface area (Å²) in [7, 11) is 1.33. The molecule has 2 amide bonds. The van der Waals surface area contributed by atoms with E-state index in [1.165, 1.54) is 14.0 Å². The van der Waals surface area contributed by atoms with E-state index in [9.17, 15) is 9.59 Å². The van der Waals surface area contributed by atoms with Gasteiger partial charge in [-0.05, 0) is 6.92 Å². The molecule has 0 aromatic carbocycles. The van der Waals surface area contributed by atoms with E-state index in [1.807, 2.05) is 0 Å². The first-order valence-corrected chi connectivity index (χ1v) is 3.18. The van der Waals surface area contributed by atoms with Gasteiger partial charge in [-0.15, -0.1) is 0 Å². The summed E-state index contributed by atoms with van der Waals surface area (Å²) in [5, 5.41) is 2.40. The van der Waals surface area contributed by atoms with Crippen LogP contribution in [0.5, 0.6) is 0 Å². The van der Waals surface area contributed by atoms with Gasteiger partial charge in [-0.25, -0.2) is 5.48 Å². The maximum absolute atomic E-state index is 10.8. The van der Waals surface area contributed by atoms with E-state index in [4.69, 9.17) is 0 Å². The minimum absolute atomic E-state index is 0.247. The highest BCUT2D eigenvalue weighted by Crippen LogP contribution is 1.80. The van der Waals surface area contributed by atoms with Gasteiger partial charge < -0.3 is 5.32 Å². The first-order valence-electron chi connectivity index (χ1n) is 3.18. The fraction of sp³-hybridized carbons (Fsp3) is 0.667. The lowest BCUT2D eigenvalue weighted by Crippen LogP contribution is -2.43. The van der Waals surface area contributed by atoms with Gasteiger partial charge in [0.05, 0.1) is 7.11 Å². The van der Waals surface area contributed by atoms with Gasteiger partial charge in [0.15, 0.2) is 0 Å². The van der Waals surface area contributed by atoms with E-state index in [0.717, 1.165) is 0 Å². The van der Waals surface area contributed by atoms with Crippen LogP contribution in [-0.4, -0.2) is 25.0 Å². The normalized spacial score (nSPS) is 11.9. The molecule has 11 heavy (non-hydrogen) atoms. The number of amides is 2. The zero-order chi connectivity index (χ0) is 8.85.